The van der Waals surface area contributed by atoms with Crippen LogP contribution < -0.4 is 19.5 Å². The molecule has 0 unspecified atom stereocenters. The summed E-state index contributed by atoms with van der Waals surface area (Å²) in [6.07, 6.45) is 0.00588. The Morgan fingerprint density at radius 2 is 1.76 bits per heavy atom. The van der Waals surface area contributed by atoms with E-state index >= 15 is 0 Å². The number of rotatable bonds is 9. The van der Waals surface area contributed by atoms with Gasteiger partial charge in [0.1, 0.15) is 23.4 Å². The molecule has 0 spiro atoms. The summed E-state index contributed by atoms with van der Waals surface area (Å²) in [6.45, 7) is 8.62. The van der Waals surface area contributed by atoms with E-state index in [9.17, 15) is 14.7 Å². The molecule has 200 valence electrons. The van der Waals surface area contributed by atoms with Crippen LogP contribution in [0.3, 0.4) is 0 Å². The van der Waals surface area contributed by atoms with Gasteiger partial charge in [-0.05, 0) is 67.3 Å². The van der Waals surface area contributed by atoms with Gasteiger partial charge in [0.05, 0.1) is 30.7 Å². The summed E-state index contributed by atoms with van der Waals surface area (Å²) in [4.78, 5) is 25.2. The molecule has 0 aliphatic carbocycles. The first-order valence-corrected chi connectivity index (χ1v) is 12.8. The lowest BCUT2D eigenvalue weighted by molar-refractivity contribution is -0.126. The van der Waals surface area contributed by atoms with Crippen molar-refractivity contribution >= 4 is 11.9 Å². The number of aromatic carboxylic acids is 1. The Morgan fingerprint density at radius 3 is 2.42 bits per heavy atom. The predicted octanol–water partition coefficient (Wildman–Crippen LogP) is 6.09. The maximum absolute atomic E-state index is 13.7. The summed E-state index contributed by atoms with van der Waals surface area (Å²) in [6, 6.07) is 19.6. The molecular formula is C31H35NO6. The minimum atomic E-state index is -1.00. The normalized spacial score (nSPS) is 16.8. The molecule has 1 amide bonds. The summed E-state index contributed by atoms with van der Waals surface area (Å²) >= 11 is 0. The molecule has 0 bridgehead atoms. The lowest BCUT2D eigenvalue weighted by Crippen LogP contribution is -2.43. The van der Waals surface area contributed by atoms with Gasteiger partial charge in [0, 0.05) is 18.1 Å². The Hall–Kier alpha value is -4.00. The monoisotopic (exact) mass is 517 g/mol. The second-order valence-corrected chi connectivity index (χ2v) is 10.6. The van der Waals surface area contributed by atoms with Crippen LogP contribution in [0.4, 0.5) is 0 Å². The van der Waals surface area contributed by atoms with Gasteiger partial charge in [0.25, 0.3) is 0 Å². The van der Waals surface area contributed by atoms with Crippen LogP contribution in [-0.4, -0.2) is 30.7 Å². The van der Waals surface area contributed by atoms with E-state index in [1.807, 2.05) is 56.3 Å². The first-order chi connectivity index (χ1) is 18.1. The number of amides is 1. The standard InChI is InChI=1S/C31H35NO6/c1-19(2)18-37-23-11-9-22(10-12-23)31(3,4)30(35)32-26-17-27(20-7-6-8-21(15-20)29(33)34)38-28-16-24(36-5)13-14-25(26)28/h6-16,19,26-27H,17-18H2,1-5H3,(H,32,35)(H,33,34)/t26-,27-/m1/s1. The van der Waals surface area contributed by atoms with E-state index in [4.69, 9.17) is 14.2 Å². The summed E-state index contributed by atoms with van der Waals surface area (Å²) in [7, 11) is 1.58. The number of carbonyl (C=O) groups is 2. The first-order valence-electron chi connectivity index (χ1n) is 12.8. The van der Waals surface area contributed by atoms with Crippen molar-refractivity contribution in [2.45, 2.75) is 51.7 Å². The molecule has 4 rings (SSSR count). The lowest BCUT2D eigenvalue weighted by Gasteiger charge is -2.35. The highest BCUT2D eigenvalue weighted by atomic mass is 16.5. The van der Waals surface area contributed by atoms with Crippen molar-refractivity contribution in [3.8, 4) is 17.2 Å². The number of hydrogen-bond acceptors (Lipinski definition) is 5. The number of nitrogens with one attached hydrogen (secondary N) is 1. The molecule has 3 aromatic carbocycles. The van der Waals surface area contributed by atoms with Crippen LogP contribution >= 0.6 is 0 Å². The Balaban J connectivity index is 1.59. The van der Waals surface area contributed by atoms with Crippen molar-refractivity contribution in [2.75, 3.05) is 13.7 Å². The topological polar surface area (TPSA) is 94.1 Å². The molecular weight excluding hydrogens is 482 g/mol. The van der Waals surface area contributed by atoms with E-state index in [2.05, 4.69) is 19.2 Å². The summed E-state index contributed by atoms with van der Waals surface area (Å²) < 4.78 is 17.5. The quantitative estimate of drug-likeness (QED) is 0.357. The fourth-order valence-electron chi connectivity index (χ4n) is 4.49. The molecule has 0 aromatic heterocycles. The molecule has 1 aliphatic rings. The third-order valence-electron chi connectivity index (χ3n) is 6.85. The van der Waals surface area contributed by atoms with Gasteiger partial charge in [0.15, 0.2) is 0 Å². The fourth-order valence-corrected chi connectivity index (χ4v) is 4.49. The number of ether oxygens (including phenoxy) is 3. The van der Waals surface area contributed by atoms with Crippen LogP contribution in [0.25, 0.3) is 0 Å². The number of hydrogen-bond donors (Lipinski definition) is 2. The Bertz CT molecular complexity index is 1300. The maximum atomic E-state index is 13.7. The van der Waals surface area contributed by atoms with Gasteiger partial charge in [-0.2, -0.15) is 0 Å². The smallest absolute Gasteiger partial charge is 0.335 e. The molecule has 3 aromatic rings. The Labute approximate surface area is 223 Å². The molecule has 2 N–H and O–H groups in total. The zero-order valence-corrected chi connectivity index (χ0v) is 22.5. The second kappa shape index (κ2) is 11.2. The average Bonchev–Trinajstić information content (AvgIpc) is 2.91. The van der Waals surface area contributed by atoms with Crippen molar-refractivity contribution in [3.05, 3.63) is 89.0 Å². The minimum absolute atomic E-state index is 0.125. The van der Waals surface area contributed by atoms with Crippen LogP contribution in [-0.2, 0) is 10.2 Å². The number of carboxylic acid groups (broad SMARTS) is 1. The maximum Gasteiger partial charge on any atom is 0.335 e. The molecule has 0 saturated carbocycles. The zero-order chi connectivity index (χ0) is 27.4. The van der Waals surface area contributed by atoms with E-state index in [-0.39, 0.29) is 17.5 Å². The van der Waals surface area contributed by atoms with Crippen LogP contribution in [0.15, 0.2) is 66.7 Å². The fraction of sp³-hybridized carbons (Fsp3) is 0.355. The molecule has 0 saturated heterocycles. The molecule has 2 atom stereocenters. The van der Waals surface area contributed by atoms with E-state index in [1.165, 1.54) is 0 Å². The molecule has 38 heavy (non-hydrogen) atoms. The third kappa shape index (κ3) is 5.93. The zero-order valence-electron chi connectivity index (χ0n) is 22.5. The lowest BCUT2D eigenvalue weighted by atomic mass is 9.82. The molecule has 0 fully saturated rings. The highest BCUT2D eigenvalue weighted by Gasteiger charge is 2.36. The van der Waals surface area contributed by atoms with Gasteiger partial charge in [0.2, 0.25) is 5.91 Å². The van der Waals surface area contributed by atoms with Crippen molar-refractivity contribution in [1.82, 2.24) is 5.32 Å². The third-order valence-corrected chi connectivity index (χ3v) is 6.85. The highest BCUT2D eigenvalue weighted by molar-refractivity contribution is 5.88. The predicted molar refractivity (Wildman–Crippen MR) is 145 cm³/mol. The molecule has 1 aliphatic heterocycles. The SMILES string of the molecule is COc1ccc2c(c1)O[C@@H](c1cccc(C(=O)O)c1)C[C@H]2NC(=O)C(C)(C)c1ccc(OCC(C)C)cc1. The van der Waals surface area contributed by atoms with Gasteiger partial charge in [-0.3, -0.25) is 4.79 Å². The van der Waals surface area contributed by atoms with E-state index in [0.29, 0.717) is 30.4 Å². The van der Waals surface area contributed by atoms with Crippen LogP contribution in [0.5, 0.6) is 17.2 Å². The highest BCUT2D eigenvalue weighted by Crippen LogP contribution is 2.43. The van der Waals surface area contributed by atoms with Crippen LogP contribution in [0.2, 0.25) is 0 Å². The number of benzene rings is 3. The average molecular weight is 518 g/mol. The summed E-state index contributed by atoms with van der Waals surface area (Å²) in [5.41, 5.74) is 1.83. The number of methoxy groups -OCH3 is 1. The van der Waals surface area contributed by atoms with Gasteiger partial charge in [-0.25, -0.2) is 4.79 Å². The molecule has 1 heterocycles. The summed E-state index contributed by atoms with van der Waals surface area (Å²) in [5, 5.41) is 12.7. The van der Waals surface area contributed by atoms with E-state index in [0.717, 1.165) is 22.4 Å². The Kier molecular flexibility index (Phi) is 7.95. The summed E-state index contributed by atoms with van der Waals surface area (Å²) in [5.74, 6) is 1.30. The van der Waals surface area contributed by atoms with Crippen molar-refractivity contribution in [3.63, 3.8) is 0 Å². The number of fused-ring (bicyclic) bond motifs is 1. The van der Waals surface area contributed by atoms with Gasteiger partial charge in [-0.15, -0.1) is 0 Å². The van der Waals surface area contributed by atoms with Crippen LogP contribution in [0.1, 0.15) is 73.3 Å². The second-order valence-electron chi connectivity index (χ2n) is 10.6. The van der Waals surface area contributed by atoms with Crippen molar-refractivity contribution in [2.24, 2.45) is 5.92 Å². The van der Waals surface area contributed by atoms with Gasteiger partial charge < -0.3 is 24.6 Å². The van der Waals surface area contributed by atoms with Crippen LogP contribution in [0, 0.1) is 5.92 Å². The van der Waals surface area contributed by atoms with E-state index in [1.54, 1.807) is 31.4 Å². The molecule has 0 radical (unpaired) electrons. The number of carboxylic acids is 1. The van der Waals surface area contributed by atoms with Crippen molar-refractivity contribution < 1.29 is 28.9 Å². The van der Waals surface area contributed by atoms with E-state index < -0.39 is 17.5 Å². The van der Waals surface area contributed by atoms with Crippen molar-refractivity contribution in [1.29, 1.82) is 0 Å². The van der Waals surface area contributed by atoms with Gasteiger partial charge in [-0.1, -0.05) is 38.1 Å². The minimum Gasteiger partial charge on any atom is -0.497 e. The molecule has 7 heteroatoms. The number of carbonyl (C=O) groups excluding carboxylic acids is 1. The van der Waals surface area contributed by atoms with Gasteiger partial charge >= 0.3 is 5.97 Å². The largest absolute Gasteiger partial charge is 0.497 e. The molecule has 7 nitrogen and oxygen atoms in total. The first kappa shape index (κ1) is 27.0. The Morgan fingerprint density at radius 1 is 1.05 bits per heavy atom.